The molecule has 0 unspecified atom stereocenters. The van der Waals surface area contributed by atoms with E-state index in [1.165, 1.54) is 0 Å². The third-order valence-electron chi connectivity index (χ3n) is 18.4. The number of rotatable bonds is 9. The summed E-state index contributed by atoms with van der Waals surface area (Å²) >= 11 is 0. The molecule has 19 nitrogen and oxygen atoms in total. The van der Waals surface area contributed by atoms with Crippen LogP contribution in [-0.2, 0) is 37.9 Å². The third-order valence-corrected chi connectivity index (χ3v) is 18.4. The van der Waals surface area contributed by atoms with E-state index in [4.69, 9.17) is 37.9 Å². The monoisotopic (exact) mass is 918 g/mol. The Hall–Kier alpha value is -0.760. The molecule has 4 saturated carbocycles. The average Bonchev–Trinajstić information content (AvgIpc) is 3.73. The van der Waals surface area contributed by atoms with E-state index in [0.717, 1.165) is 44.9 Å². The van der Waals surface area contributed by atoms with E-state index in [1.807, 2.05) is 0 Å². The fraction of sp³-hybridized carbons (Fsp3) is 1.00. The van der Waals surface area contributed by atoms with Gasteiger partial charge in [-0.15, -0.1) is 0 Å². The minimum atomic E-state index is -1.90. The summed E-state index contributed by atoms with van der Waals surface area (Å²) in [7, 11) is 0. The van der Waals surface area contributed by atoms with Crippen LogP contribution in [0.4, 0.5) is 0 Å². The first kappa shape index (κ1) is 48.3. The van der Waals surface area contributed by atoms with Gasteiger partial charge in [-0.2, -0.15) is 0 Å². The lowest BCUT2D eigenvalue weighted by atomic mass is 9.43. The zero-order chi connectivity index (χ0) is 45.8. The van der Waals surface area contributed by atoms with Gasteiger partial charge in [0.1, 0.15) is 73.2 Å². The van der Waals surface area contributed by atoms with Crippen LogP contribution in [0.1, 0.15) is 85.5 Å². The number of hydrogen-bond acceptors (Lipinski definition) is 19. The van der Waals surface area contributed by atoms with Crippen molar-refractivity contribution >= 4 is 0 Å². The van der Waals surface area contributed by atoms with Crippen molar-refractivity contribution < 1.29 is 94.1 Å². The van der Waals surface area contributed by atoms with Gasteiger partial charge in [-0.3, -0.25) is 0 Å². The van der Waals surface area contributed by atoms with E-state index in [9.17, 15) is 56.2 Å². The molecule has 0 aromatic carbocycles. The largest absolute Gasteiger partial charge is 0.394 e. The number of fused-ring (bicyclic) bond motifs is 7. The fourth-order valence-corrected chi connectivity index (χ4v) is 14.6. The van der Waals surface area contributed by atoms with E-state index < -0.39 is 124 Å². The Labute approximate surface area is 373 Å². The molecule has 9 aliphatic rings. The quantitative estimate of drug-likeness (QED) is 0.114. The number of aliphatic hydroxyl groups excluding tert-OH is 11. The maximum atomic E-state index is 12.3. The van der Waals surface area contributed by atoms with Crippen molar-refractivity contribution in [3.05, 3.63) is 0 Å². The Balaban J connectivity index is 0.872. The third kappa shape index (κ3) is 7.76. The lowest BCUT2D eigenvalue weighted by Crippen LogP contribution is -2.67. The van der Waals surface area contributed by atoms with E-state index >= 15 is 0 Å². The molecule has 9 rings (SSSR count). The maximum absolute atomic E-state index is 12.3. The minimum Gasteiger partial charge on any atom is -0.394 e. The van der Waals surface area contributed by atoms with Gasteiger partial charge in [-0.25, -0.2) is 0 Å². The molecule has 28 atom stereocenters. The van der Waals surface area contributed by atoms with Crippen molar-refractivity contribution in [1.82, 2.24) is 0 Å². The van der Waals surface area contributed by atoms with E-state index in [2.05, 4.69) is 27.7 Å². The second-order valence-corrected chi connectivity index (χ2v) is 21.6. The summed E-state index contributed by atoms with van der Waals surface area (Å²) in [4.78, 5) is 0. The fourth-order valence-electron chi connectivity index (χ4n) is 14.6. The molecule has 1 spiro atoms. The van der Waals surface area contributed by atoms with Crippen LogP contribution in [0.5, 0.6) is 0 Å². The van der Waals surface area contributed by atoms with Gasteiger partial charge in [0.25, 0.3) is 0 Å². The van der Waals surface area contributed by atoms with Crippen molar-refractivity contribution in [1.29, 1.82) is 0 Å². The first-order valence-corrected chi connectivity index (χ1v) is 23.9. The Kier molecular flexibility index (Phi) is 13.7. The Bertz CT molecular complexity index is 1600. The molecule has 0 bridgehead atoms. The molecule has 368 valence electrons. The lowest BCUT2D eigenvalue weighted by molar-refractivity contribution is -0.391. The molecular formula is C45H74O19. The zero-order valence-corrected chi connectivity index (χ0v) is 37.3. The summed E-state index contributed by atoms with van der Waals surface area (Å²) in [5, 5.41) is 119. The Morgan fingerprint density at radius 2 is 1.20 bits per heavy atom. The van der Waals surface area contributed by atoms with Gasteiger partial charge in [-0.1, -0.05) is 27.7 Å². The smallest absolute Gasteiger partial charge is 0.187 e. The number of hydrogen-bond donors (Lipinski definition) is 11. The topological polar surface area (TPSA) is 296 Å². The first-order chi connectivity index (χ1) is 30.4. The van der Waals surface area contributed by atoms with Crippen LogP contribution < -0.4 is 0 Å². The number of aliphatic hydroxyl groups is 11. The molecule has 0 radical (unpaired) electrons. The Morgan fingerprint density at radius 1 is 0.578 bits per heavy atom. The van der Waals surface area contributed by atoms with Crippen LogP contribution in [-0.4, -0.2) is 199 Å². The highest BCUT2D eigenvalue weighted by Crippen LogP contribution is 2.71. The van der Waals surface area contributed by atoms with Crippen molar-refractivity contribution in [3.8, 4) is 0 Å². The molecule has 5 saturated heterocycles. The van der Waals surface area contributed by atoms with E-state index in [0.29, 0.717) is 43.1 Å². The molecule has 0 aromatic heterocycles. The van der Waals surface area contributed by atoms with Crippen molar-refractivity contribution in [3.63, 3.8) is 0 Å². The second kappa shape index (κ2) is 18.2. The first-order valence-electron chi connectivity index (χ1n) is 23.9. The van der Waals surface area contributed by atoms with Gasteiger partial charge in [0, 0.05) is 23.7 Å². The van der Waals surface area contributed by atoms with Gasteiger partial charge in [-0.05, 0) is 86.4 Å². The average molecular weight is 919 g/mol. The predicted molar refractivity (Wildman–Crippen MR) is 217 cm³/mol. The zero-order valence-electron chi connectivity index (χ0n) is 37.3. The highest BCUT2D eigenvalue weighted by atomic mass is 16.8. The standard InChI is InChI=1S/C45H74O19/c1-18-7-10-45(57-17-18)19(2)30-25(64-45)12-24-22-6-5-20-11-21(8-9-43(20,3)23(22)13-29(49)44(24,30)4)58-41-37(56)38(33(52)28(16-48)60-41)62-42-39(35(54)32(51)27(15-47)61-42)63-40-36(55)34(53)31(50)26(14-46)59-40/h18-42,46-56H,5-17H2,1-4H3/t18-,19+,20-,21+,22-,23+,24+,25+,26-,27-,28-,29-,30+,31-,32-,33-,34+,35+,36-,37-,38+,39-,40+,41-,42+,43+,44-,45-/m1/s1. The van der Waals surface area contributed by atoms with Crippen LogP contribution >= 0.6 is 0 Å². The predicted octanol–water partition coefficient (Wildman–Crippen LogP) is -1.76. The van der Waals surface area contributed by atoms with Crippen LogP contribution in [0.3, 0.4) is 0 Å². The van der Waals surface area contributed by atoms with Crippen LogP contribution in [0.15, 0.2) is 0 Å². The SMILES string of the molecule is C[C@@H]1CC[C@@]2(OC1)O[C@H]1C[C@H]3[C@@H]4CC[C@@H]5C[C@@H](O[C@@H]6O[C@H](CO)[C@@H](O)[C@H](O[C@@H]7O[C@H](CO)[C@@H](O)[C@H](O)[C@H]7O[C@@H]7O[C@H](CO)[C@@H](O)[C@H](O)[C@H]7O)[C@H]6O)CC[C@]5(C)[C@H]4C[C@@H](O)[C@]3(C)[C@H]1[C@@H]2C. The molecule has 5 aliphatic heterocycles. The van der Waals surface area contributed by atoms with Crippen molar-refractivity contribution in [2.24, 2.45) is 52.3 Å². The summed E-state index contributed by atoms with van der Waals surface area (Å²) in [5.74, 6) is 1.73. The van der Waals surface area contributed by atoms with E-state index in [-0.39, 0.29) is 40.8 Å². The van der Waals surface area contributed by atoms with Crippen LogP contribution in [0, 0.1) is 52.3 Å². The van der Waals surface area contributed by atoms with Crippen LogP contribution in [0.25, 0.3) is 0 Å². The molecular weight excluding hydrogens is 844 g/mol. The summed E-state index contributed by atoms with van der Waals surface area (Å²) in [5.41, 5.74) is -0.333. The normalized spacial score (nSPS) is 58.6. The summed E-state index contributed by atoms with van der Waals surface area (Å²) in [6.07, 6.45) is -18.0. The second-order valence-electron chi connectivity index (χ2n) is 21.6. The molecule has 4 aliphatic carbocycles. The van der Waals surface area contributed by atoms with Gasteiger partial charge in [0.05, 0.1) is 44.7 Å². The van der Waals surface area contributed by atoms with Crippen molar-refractivity contribution in [2.45, 2.75) is 202 Å². The van der Waals surface area contributed by atoms with Gasteiger partial charge in [0.2, 0.25) is 0 Å². The highest BCUT2D eigenvalue weighted by Gasteiger charge is 2.71. The molecule has 11 N–H and O–H groups in total. The maximum Gasteiger partial charge on any atom is 0.187 e. The molecule has 0 amide bonds. The summed E-state index contributed by atoms with van der Waals surface area (Å²) in [6.45, 7) is 7.64. The Morgan fingerprint density at radius 3 is 1.86 bits per heavy atom. The number of ether oxygens (including phenoxy) is 8. The molecule has 19 heteroatoms. The highest BCUT2D eigenvalue weighted by molar-refractivity contribution is 5.18. The van der Waals surface area contributed by atoms with E-state index in [1.54, 1.807) is 0 Å². The molecule has 64 heavy (non-hydrogen) atoms. The summed E-state index contributed by atoms with van der Waals surface area (Å²) in [6, 6.07) is 0. The minimum absolute atomic E-state index is 0.0655. The lowest BCUT2D eigenvalue weighted by Gasteiger charge is -2.62. The molecule has 5 heterocycles. The van der Waals surface area contributed by atoms with Gasteiger partial charge >= 0.3 is 0 Å². The van der Waals surface area contributed by atoms with Gasteiger partial charge in [0.15, 0.2) is 24.7 Å². The van der Waals surface area contributed by atoms with Crippen molar-refractivity contribution in [2.75, 3.05) is 26.4 Å². The molecule has 0 aromatic rings. The molecule has 9 fully saturated rings. The van der Waals surface area contributed by atoms with Gasteiger partial charge < -0.3 is 94.1 Å². The van der Waals surface area contributed by atoms with Crippen LogP contribution in [0.2, 0.25) is 0 Å². The summed E-state index contributed by atoms with van der Waals surface area (Å²) < 4.78 is 49.0.